The number of likely N-dealkylation sites (N-methyl/N-ethyl adjacent to an activating group) is 1. The van der Waals surface area contributed by atoms with Gasteiger partial charge in [0.25, 0.3) is 0 Å². The van der Waals surface area contributed by atoms with E-state index in [0.717, 1.165) is 22.8 Å². The molecule has 2 rings (SSSR count). The summed E-state index contributed by atoms with van der Waals surface area (Å²) >= 11 is 0. The topological polar surface area (TPSA) is 29.3 Å². The van der Waals surface area contributed by atoms with Gasteiger partial charge in [-0.2, -0.15) is 0 Å². The van der Waals surface area contributed by atoms with E-state index < -0.39 is 0 Å². The predicted molar refractivity (Wildman–Crippen MR) is 78.7 cm³/mol. The van der Waals surface area contributed by atoms with Gasteiger partial charge in [-0.1, -0.05) is 6.92 Å². The summed E-state index contributed by atoms with van der Waals surface area (Å²) in [5, 5.41) is 0. The molecule has 0 aromatic heterocycles. The molecular formula is C15H26IN3. The van der Waals surface area contributed by atoms with E-state index in [9.17, 15) is 0 Å². The van der Waals surface area contributed by atoms with E-state index >= 15 is 0 Å². The van der Waals surface area contributed by atoms with Crippen molar-refractivity contribution in [1.29, 1.82) is 0 Å². The van der Waals surface area contributed by atoms with Crippen LogP contribution in [0, 0.1) is 0 Å². The Bertz CT molecular complexity index is 389. The number of rotatable bonds is 4. The fraction of sp³-hybridized carbons (Fsp3) is 0.600. The molecule has 2 N–H and O–H groups in total. The van der Waals surface area contributed by atoms with Gasteiger partial charge >= 0.3 is 0 Å². The van der Waals surface area contributed by atoms with Gasteiger partial charge in [0, 0.05) is 24.3 Å². The highest BCUT2D eigenvalue weighted by Gasteiger charge is 2.34. The second-order valence-corrected chi connectivity index (χ2v) is 5.98. The highest BCUT2D eigenvalue weighted by atomic mass is 127. The third-order valence-corrected chi connectivity index (χ3v) is 4.21. The largest absolute Gasteiger partial charge is 1.00 e. The van der Waals surface area contributed by atoms with Gasteiger partial charge in [-0.05, 0) is 30.7 Å². The summed E-state index contributed by atoms with van der Waals surface area (Å²) in [7, 11) is 4.72. The Balaban J connectivity index is 0.00000180. The van der Waals surface area contributed by atoms with Crippen LogP contribution < -0.4 is 34.6 Å². The lowest BCUT2D eigenvalue weighted by molar-refractivity contribution is -0.912. The highest BCUT2D eigenvalue weighted by molar-refractivity contribution is 5.53. The van der Waals surface area contributed by atoms with Crippen molar-refractivity contribution >= 4 is 11.4 Å². The minimum atomic E-state index is 0. The van der Waals surface area contributed by atoms with Crippen LogP contribution in [0.25, 0.3) is 0 Å². The molecule has 1 aliphatic heterocycles. The summed E-state index contributed by atoms with van der Waals surface area (Å²) in [6.45, 7) is 5.86. The maximum absolute atomic E-state index is 5.74. The minimum Gasteiger partial charge on any atom is -1.00 e. The summed E-state index contributed by atoms with van der Waals surface area (Å²) in [5.41, 5.74) is 7.89. The molecule has 0 amide bonds. The van der Waals surface area contributed by atoms with Crippen LogP contribution in [0.2, 0.25) is 0 Å². The number of nitrogens with two attached hydrogens (primary N) is 1. The first-order valence-corrected chi connectivity index (χ1v) is 6.96. The van der Waals surface area contributed by atoms with E-state index in [-0.39, 0.29) is 24.0 Å². The van der Waals surface area contributed by atoms with Crippen LogP contribution in [0.15, 0.2) is 24.3 Å². The summed E-state index contributed by atoms with van der Waals surface area (Å²) in [6.07, 6.45) is 2.54. The van der Waals surface area contributed by atoms with Crippen LogP contribution in [0.5, 0.6) is 0 Å². The number of nitrogen functional groups attached to an aromatic ring is 1. The zero-order valence-corrected chi connectivity index (χ0v) is 14.4. The van der Waals surface area contributed by atoms with Gasteiger partial charge < -0.3 is 39.1 Å². The van der Waals surface area contributed by atoms with Gasteiger partial charge in [0.15, 0.2) is 0 Å². The SMILES string of the molecule is CCC[N+](C)(C)C1CCN(c2ccc(N)cc2)C1.[I-]. The highest BCUT2D eigenvalue weighted by Crippen LogP contribution is 2.26. The minimum absolute atomic E-state index is 0. The van der Waals surface area contributed by atoms with E-state index in [4.69, 9.17) is 5.73 Å². The summed E-state index contributed by atoms with van der Waals surface area (Å²) in [4.78, 5) is 2.49. The lowest BCUT2D eigenvalue weighted by Gasteiger charge is -2.36. The first kappa shape index (κ1) is 16.6. The van der Waals surface area contributed by atoms with Crippen molar-refractivity contribution in [3.63, 3.8) is 0 Å². The number of quaternary nitrogens is 1. The van der Waals surface area contributed by atoms with E-state index in [0.29, 0.717) is 0 Å². The van der Waals surface area contributed by atoms with E-state index in [1.54, 1.807) is 0 Å². The average Bonchev–Trinajstić information content (AvgIpc) is 2.80. The molecule has 1 aromatic rings. The second-order valence-electron chi connectivity index (χ2n) is 5.98. The van der Waals surface area contributed by atoms with Crippen molar-refractivity contribution in [2.24, 2.45) is 0 Å². The maximum atomic E-state index is 5.74. The van der Waals surface area contributed by atoms with Gasteiger partial charge in [-0.3, -0.25) is 0 Å². The normalized spacial score (nSPS) is 19.3. The Morgan fingerprint density at radius 3 is 2.47 bits per heavy atom. The molecule has 19 heavy (non-hydrogen) atoms. The molecule has 0 saturated carbocycles. The van der Waals surface area contributed by atoms with Crippen molar-refractivity contribution in [1.82, 2.24) is 0 Å². The van der Waals surface area contributed by atoms with E-state index in [1.807, 2.05) is 12.1 Å². The smallest absolute Gasteiger partial charge is 0.108 e. The molecule has 0 aliphatic carbocycles. The molecule has 1 heterocycles. The lowest BCUT2D eigenvalue weighted by Crippen LogP contribution is -3.00. The molecule has 3 nitrogen and oxygen atoms in total. The molecule has 1 atom stereocenters. The molecular weight excluding hydrogens is 349 g/mol. The number of halogens is 1. The Morgan fingerprint density at radius 2 is 1.89 bits per heavy atom. The van der Waals surface area contributed by atoms with Gasteiger partial charge in [0.1, 0.15) is 6.04 Å². The zero-order valence-electron chi connectivity index (χ0n) is 12.3. The van der Waals surface area contributed by atoms with Crippen molar-refractivity contribution in [2.45, 2.75) is 25.8 Å². The predicted octanol–water partition coefficient (Wildman–Crippen LogP) is -0.662. The molecule has 1 aliphatic rings. The third kappa shape index (κ3) is 3.99. The summed E-state index contributed by atoms with van der Waals surface area (Å²) in [5.74, 6) is 0. The van der Waals surface area contributed by atoms with Crippen LogP contribution in [-0.2, 0) is 0 Å². The number of anilines is 2. The van der Waals surface area contributed by atoms with Crippen molar-refractivity contribution < 1.29 is 28.5 Å². The monoisotopic (exact) mass is 375 g/mol. The molecule has 0 spiro atoms. The number of hydrogen-bond acceptors (Lipinski definition) is 2. The molecule has 0 radical (unpaired) electrons. The quantitative estimate of drug-likeness (QED) is 0.430. The first-order chi connectivity index (χ1) is 8.53. The molecule has 4 heteroatoms. The third-order valence-electron chi connectivity index (χ3n) is 4.21. The summed E-state index contributed by atoms with van der Waals surface area (Å²) in [6, 6.07) is 9.01. The Labute approximate surface area is 134 Å². The van der Waals surface area contributed by atoms with Crippen molar-refractivity contribution in [2.75, 3.05) is 44.4 Å². The fourth-order valence-electron chi connectivity index (χ4n) is 2.99. The van der Waals surface area contributed by atoms with Crippen LogP contribution in [-0.4, -0.2) is 44.3 Å². The molecule has 0 bridgehead atoms. The molecule has 1 unspecified atom stereocenters. The Morgan fingerprint density at radius 1 is 1.26 bits per heavy atom. The van der Waals surface area contributed by atoms with E-state index in [1.165, 1.54) is 31.6 Å². The van der Waals surface area contributed by atoms with Gasteiger partial charge in [0.05, 0.1) is 27.2 Å². The number of benzene rings is 1. The lowest BCUT2D eigenvalue weighted by atomic mass is 10.2. The van der Waals surface area contributed by atoms with Crippen LogP contribution in [0.1, 0.15) is 19.8 Å². The molecule has 108 valence electrons. The first-order valence-electron chi connectivity index (χ1n) is 6.96. The maximum Gasteiger partial charge on any atom is 0.108 e. The van der Waals surface area contributed by atoms with Crippen molar-refractivity contribution in [3.05, 3.63) is 24.3 Å². The molecule has 1 fully saturated rings. The van der Waals surface area contributed by atoms with Crippen LogP contribution in [0.4, 0.5) is 11.4 Å². The number of nitrogens with zero attached hydrogens (tertiary/aromatic N) is 2. The van der Waals surface area contributed by atoms with Gasteiger partial charge in [-0.25, -0.2) is 0 Å². The fourth-order valence-corrected chi connectivity index (χ4v) is 2.99. The van der Waals surface area contributed by atoms with Gasteiger partial charge in [0.2, 0.25) is 0 Å². The van der Waals surface area contributed by atoms with Crippen LogP contribution >= 0.6 is 0 Å². The van der Waals surface area contributed by atoms with Gasteiger partial charge in [-0.15, -0.1) is 0 Å². The zero-order chi connectivity index (χ0) is 13.2. The van der Waals surface area contributed by atoms with Crippen molar-refractivity contribution in [3.8, 4) is 0 Å². The number of hydrogen-bond donors (Lipinski definition) is 1. The molecule has 1 aromatic carbocycles. The summed E-state index contributed by atoms with van der Waals surface area (Å²) < 4.78 is 1.14. The average molecular weight is 375 g/mol. The Hall–Kier alpha value is -0.490. The standard InChI is InChI=1S/C15H26N3.HI/c1-4-11-18(2,3)15-9-10-17(12-15)14-7-5-13(16)6-8-14;/h5-8,15H,4,9-12,16H2,1-3H3;1H/q+1;/p-1. The van der Waals surface area contributed by atoms with Crippen LogP contribution in [0.3, 0.4) is 0 Å². The van der Waals surface area contributed by atoms with E-state index in [2.05, 4.69) is 38.1 Å². The second kappa shape index (κ2) is 6.79. The Kier molecular flexibility index (Phi) is 5.92. The molecule has 1 saturated heterocycles.